The number of alkyl halides is 3. The summed E-state index contributed by atoms with van der Waals surface area (Å²) in [6.07, 6.45) is -4.21. The Labute approximate surface area is 222 Å². The van der Waals surface area contributed by atoms with Gasteiger partial charge in [-0.15, -0.1) is 0 Å². The Morgan fingerprint density at radius 2 is 1.95 bits per heavy atom. The molecule has 13 heteroatoms. The Hall–Kier alpha value is -4.39. The molecule has 1 aromatic heterocycles. The summed E-state index contributed by atoms with van der Waals surface area (Å²) in [5, 5.41) is 8.56. The minimum atomic E-state index is -4.82. The van der Waals surface area contributed by atoms with Gasteiger partial charge in [-0.25, -0.2) is 4.98 Å². The predicted molar refractivity (Wildman–Crippen MR) is 137 cm³/mol. The highest BCUT2D eigenvalue weighted by molar-refractivity contribution is 6.01. The Morgan fingerprint density at radius 1 is 1.18 bits per heavy atom. The van der Waals surface area contributed by atoms with Crippen LogP contribution in [0.4, 0.5) is 24.8 Å². The summed E-state index contributed by atoms with van der Waals surface area (Å²) >= 11 is 0. The Morgan fingerprint density at radius 3 is 2.64 bits per heavy atom. The first-order valence-corrected chi connectivity index (χ1v) is 11.9. The summed E-state index contributed by atoms with van der Waals surface area (Å²) in [4.78, 5) is 34.4. The molecule has 3 aromatic rings. The number of benzene rings is 2. The lowest BCUT2D eigenvalue weighted by Crippen LogP contribution is -2.30. The van der Waals surface area contributed by atoms with Crippen molar-refractivity contribution in [1.29, 1.82) is 0 Å². The van der Waals surface area contributed by atoms with Crippen LogP contribution in [-0.2, 0) is 12.7 Å². The highest BCUT2D eigenvalue weighted by Crippen LogP contribution is 2.40. The largest absolute Gasteiger partial charge is 0.495 e. The fourth-order valence-corrected chi connectivity index (χ4v) is 4.07. The number of rotatable bonds is 9. The van der Waals surface area contributed by atoms with Crippen molar-refractivity contribution in [2.45, 2.75) is 19.6 Å². The monoisotopic (exact) mass is 544 g/mol. The van der Waals surface area contributed by atoms with Crippen LogP contribution < -0.4 is 25.4 Å². The lowest BCUT2D eigenvalue weighted by Gasteiger charge is -2.17. The minimum Gasteiger partial charge on any atom is -0.495 e. The molecule has 2 amide bonds. The number of methoxy groups -OCH3 is 1. The fourth-order valence-electron chi connectivity index (χ4n) is 4.07. The van der Waals surface area contributed by atoms with Crippen molar-refractivity contribution in [1.82, 2.24) is 25.5 Å². The number of likely N-dealkylation sites (N-methyl/N-ethyl adjacent to an activating group) is 1. The number of nitrogens with one attached hydrogen (secondary N) is 3. The second-order valence-electron chi connectivity index (χ2n) is 8.82. The van der Waals surface area contributed by atoms with E-state index in [0.29, 0.717) is 48.2 Å². The van der Waals surface area contributed by atoms with Crippen molar-refractivity contribution in [2.24, 2.45) is 0 Å². The van der Waals surface area contributed by atoms with Gasteiger partial charge in [0.05, 0.1) is 18.4 Å². The normalized spacial score (nSPS) is 12.8. The molecule has 0 spiro atoms. The Bertz CT molecular complexity index is 1410. The van der Waals surface area contributed by atoms with Crippen molar-refractivity contribution in [3.05, 3.63) is 64.3 Å². The molecule has 0 bridgehead atoms. The zero-order chi connectivity index (χ0) is 28.3. The third-order valence-corrected chi connectivity index (χ3v) is 6.04. The lowest BCUT2D eigenvalue weighted by molar-refractivity contribution is -0.139. The van der Waals surface area contributed by atoms with Gasteiger partial charge in [0.1, 0.15) is 17.1 Å². The van der Waals surface area contributed by atoms with Crippen LogP contribution in [0.15, 0.2) is 36.5 Å². The molecule has 0 atom stereocenters. The number of halogens is 3. The van der Waals surface area contributed by atoms with E-state index in [2.05, 4.69) is 25.9 Å². The molecule has 0 saturated heterocycles. The van der Waals surface area contributed by atoms with Crippen LogP contribution in [-0.4, -0.2) is 61.0 Å². The third kappa shape index (κ3) is 5.87. The molecule has 10 nitrogen and oxygen atoms in total. The van der Waals surface area contributed by atoms with Gasteiger partial charge >= 0.3 is 6.18 Å². The van der Waals surface area contributed by atoms with Crippen molar-refractivity contribution < 1.29 is 32.2 Å². The van der Waals surface area contributed by atoms with E-state index in [1.807, 2.05) is 0 Å². The SMILES string of the molecule is CNCCNC(=O)c1cc(OC)c(Nc2ncc(C(F)(F)F)c(Oc3cccc4c3C(=O)N(C)C4)n2)cc1C. The molecule has 3 N–H and O–H groups in total. The number of aromatic nitrogens is 2. The molecule has 1 aliphatic heterocycles. The first-order chi connectivity index (χ1) is 18.5. The van der Waals surface area contributed by atoms with Crippen molar-refractivity contribution in [2.75, 3.05) is 39.6 Å². The van der Waals surface area contributed by atoms with Gasteiger partial charge in [-0.3, -0.25) is 9.59 Å². The van der Waals surface area contributed by atoms with Gasteiger partial charge in [0, 0.05) is 38.4 Å². The molecule has 4 rings (SSSR count). The van der Waals surface area contributed by atoms with Gasteiger partial charge in [-0.1, -0.05) is 12.1 Å². The lowest BCUT2D eigenvalue weighted by atomic mass is 10.1. The summed E-state index contributed by atoms with van der Waals surface area (Å²) in [6.45, 7) is 3.04. The van der Waals surface area contributed by atoms with E-state index in [4.69, 9.17) is 9.47 Å². The summed E-state index contributed by atoms with van der Waals surface area (Å²) in [5.74, 6) is -1.44. The number of hydrogen-bond acceptors (Lipinski definition) is 8. The Balaban J connectivity index is 1.67. The molecule has 0 unspecified atom stereocenters. The van der Waals surface area contributed by atoms with Crippen LogP contribution in [0.5, 0.6) is 17.4 Å². The van der Waals surface area contributed by atoms with Crippen LogP contribution in [0.1, 0.15) is 37.4 Å². The summed E-state index contributed by atoms with van der Waals surface area (Å²) in [7, 11) is 4.75. The molecule has 0 saturated carbocycles. The number of ether oxygens (including phenoxy) is 2. The first kappa shape index (κ1) is 27.6. The van der Waals surface area contributed by atoms with Gasteiger partial charge < -0.3 is 30.3 Å². The second kappa shape index (κ2) is 11.2. The first-order valence-electron chi connectivity index (χ1n) is 11.9. The van der Waals surface area contributed by atoms with Crippen molar-refractivity contribution in [3.63, 3.8) is 0 Å². The number of aryl methyl sites for hydroxylation is 1. The smallest absolute Gasteiger partial charge is 0.423 e. The molecule has 2 aromatic carbocycles. The molecule has 0 aliphatic carbocycles. The summed E-state index contributed by atoms with van der Waals surface area (Å²) < 4.78 is 52.4. The number of carbonyl (C=O) groups is 2. The predicted octanol–water partition coefficient (Wildman–Crippen LogP) is 3.88. The zero-order valence-corrected chi connectivity index (χ0v) is 21.7. The van der Waals surface area contributed by atoms with Gasteiger partial charge in [0.25, 0.3) is 11.8 Å². The number of carbonyl (C=O) groups excluding carboxylic acids is 2. The van der Waals surface area contributed by atoms with Crippen LogP contribution in [0, 0.1) is 6.92 Å². The van der Waals surface area contributed by atoms with Crippen LogP contribution in [0.3, 0.4) is 0 Å². The number of hydrogen-bond donors (Lipinski definition) is 3. The van der Waals surface area contributed by atoms with Crippen LogP contribution >= 0.6 is 0 Å². The van der Waals surface area contributed by atoms with Crippen molar-refractivity contribution in [3.8, 4) is 17.4 Å². The van der Waals surface area contributed by atoms with E-state index in [1.54, 1.807) is 39.2 Å². The van der Waals surface area contributed by atoms with Crippen LogP contribution in [0.2, 0.25) is 0 Å². The summed E-state index contributed by atoms with van der Waals surface area (Å²) in [6, 6.07) is 7.84. The van der Waals surface area contributed by atoms with E-state index >= 15 is 0 Å². The molecular formula is C26H27F3N6O4. The summed E-state index contributed by atoms with van der Waals surface area (Å²) in [5.41, 5.74) is 0.897. The minimum absolute atomic E-state index is 0.0425. The number of amides is 2. The average Bonchev–Trinajstić information content (AvgIpc) is 3.17. The highest BCUT2D eigenvalue weighted by Gasteiger charge is 2.37. The van der Waals surface area contributed by atoms with Gasteiger partial charge in [-0.05, 0) is 43.3 Å². The molecule has 0 fully saturated rings. The quantitative estimate of drug-likeness (QED) is 0.348. The van der Waals surface area contributed by atoms with Crippen molar-refractivity contribution >= 4 is 23.5 Å². The average molecular weight is 545 g/mol. The fraction of sp³-hybridized carbons (Fsp3) is 0.308. The molecule has 2 heterocycles. The number of fused-ring (bicyclic) bond motifs is 1. The molecule has 0 radical (unpaired) electrons. The zero-order valence-electron chi connectivity index (χ0n) is 21.7. The highest BCUT2D eigenvalue weighted by atomic mass is 19.4. The standard InChI is InChI=1S/C26H27F3N6O4/c1-14-10-18(20(38-4)11-16(14)22(36)31-9-8-30-2)33-25-32-12-17(26(27,28)29)23(34-25)39-19-7-5-6-15-13-35(3)24(37)21(15)19/h5-7,10-12,30H,8-9,13H2,1-4H3,(H,31,36)(H,32,33,34). The number of nitrogens with zero attached hydrogens (tertiary/aromatic N) is 3. The van der Waals surface area contributed by atoms with Gasteiger partial charge in [0.15, 0.2) is 0 Å². The van der Waals surface area contributed by atoms with E-state index in [1.165, 1.54) is 24.1 Å². The van der Waals surface area contributed by atoms with E-state index < -0.39 is 17.6 Å². The second-order valence-corrected chi connectivity index (χ2v) is 8.82. The van der Waals surface area contributed by atoms with Gasteiger partial charge in [0.2, 0.25) is 11.8 Å². The molecular weight excluding hydrogens is 517 g/mol. The van der Waals surface area contributed by atoms with Crippen LogP contribution in [0.25, 0.3) is 0 Å². The maximum atomic E-state index is 13.8. The number of anilines is 2. The van der Waals surface area contributed by atoms with E-state index in [-0.39, 0.29) is 34.8 Å². The molecule has 206 valence electrons. The maximum absolute atomic E-state index is 13.8. The maximum Gasteiger partial charge on any atom is 0.423 e. The molecule has 1 aliphatic rings. The Kier molecular flexibility index (Phi) is 7.90. The topological polar surface area (TPSA) is 118 Å². The molecule has 39 heavy (non-hydrogen) atoms. The van der Waals surface area contributed by atoms with E-state index in [9.17, 15) is 22.8 Å². The third-order valence-electron chi connectivity index (χ3n) is 6.04. The van der Waals surface area contributed by atoms with Gasteiger partial charge in [-0.2, -0.15) is 18.2 Å². The van der Waals surface area contributed by atoms with E-state index in [0.717, 1.165) is 0 Å².